The summed E-state index contributed by atoms with van der Waals surface area (Å²) in [7, 11) is 0. The topological polar surface area (TPSA) is 64.9 Å². The van der Waals surface area contributed by atoms with Crippen molar-refractivity contribution in [1.29, 1.82) is 0 Å². The van der Waals surface area contributed by atoms with E-state index in [4.69, 9.17) is 0 Å². The Bertz CT molecular complexity index is 855. The molecular weight excluding hydrogens is 446 g/mol. The van der Waals surface area contributed by atoms with Gasteiger partial charge in [-0.3, -0.25) is 15.0 Å². The van der Waals surface area contributed by atoms with Gasteiger partial charge in [-0.1, -0.05) is 40.2 Å². The van der Waals surface area contributed by atoms with Gasteiger partial charge >= 0.3 is 0 Å². The standard InChI is InChI=1S/C22H28BrN5O2/c23-19-8-6-18(7-9-19)20-10-13-27(24-20)12-3-11-25-14-16-26(17-15-25)21-4-1-2-5-22(21)28(29)30/h1-2,4-9,20,24H,3,10-17H2. The average Bonchev–Trinajstić information content (AvgIpc) is 3.24. The number of nitro groups is 1. The van der Waals surface area contributed by atoms with Gasteiger partial charge in [-0.25, -0.2) is 10.4 Å². The van der Waals surface area contributed by atoms with Crippen molar-refractivity contribution in [3.05, 3.63) is 68.7 Å². The summed E-state index contributed by atoms with van der Waals surface area (Å²) in [6.07, 6.45) is 2.25. The fraction of sp³-hybridized carbons (Fsp3) is 0.455. The van der Waals surface area contributed by atoms with Crippen LogP contribution in [0.15, 0.2) is 53.0 Å². The van der Waals surface area contributed by atoms with Crippen LogP contribution in [0.4, 0.5) is 11.4 Å². The molecule has 0 radical (unpaired) electrons. The molecule has 0 saturated carbocycles. The molecule has 2 fully saturated rings. The van der Waals surface area contributed by atoms with Crippen molar-refractivity contribution in [1.82, 2.24) is 15.3 Å². The number of hydrazine groups is 1. The molecule has 2 aliphatic rings. The summed E-state index contributed by atoms with van der Waals surface area (Å²) in [6, 6.07) is 16.0. The van der Waals surface area contributed by atoms with Gasteiger partial charge in [-0.05, 0) is 43.1 Å². The summed E-state index contributed by atoms with van der Waals surface area (Å²) < 4.78 is 1.11. The Kier molecular flexibility index (Phi) is 6.99. The maximum atomic E-state index is 11.3. The van der Waals surface area contributed by atoms with Crippen LogP contribution < -0.4 is 10.3 Å². The highest BCUT2D eigenvalue weighted by atomic mass is 79.9. The molecule has 2 heterocycles. The summed E-state index contributed by atoms with van der Waals surface area (Å²) in [5.41, 5.74) is 5.92. The Balaban J connectivity index is 1.19. The fourth-order valence-electron chi connectivity index (χ4n) is 4.33. The number of piperazine rings is 1. The molecule has 0 aliphatic carbocycles. The van der Waals surface area contributed by atoms with Crippen molar-refractivity contribution < 1.29 is 4.92 Å². The molecule has 8 heteroatoms. The number of hydrogen-bond donors (Lipinski definition) is 1. The van der Waals surface area contributed by atoms with Gasteiger partial charge < -0.3 is 4.90 Å². The van der Waals surface area contributed by atoms with Crippen LogP contribution in [0.1, 0.15) is 24.4 Å². The molecule has 4 rings (SSSR count). The minimum Gasteiger partial charge on any atom is -0.363 e. The molecule has 2 aromatic carbocycles. The molecule has 2 aromatic rings. The van der Waals surface area contributed by atoms with Gasteiger partial charge in [0.05, 0.1) is 4.92 Å². The molecule has 7 nitrogen and oxygen atoms in total. The SMILES string of the molecule is O=[N+]([O-])c1ccccc1N1CCN(CCCN2CCC(c3ccc(Br)cc3)N2)CC1. The van der Waals surface area contributed by atoms with Gasteiger partial charge in [0.2, 0.25) is 0 Å². The molecule has 0 bridgehead atoms. The monoisotopic (exact) mass is 473 g/mol. The Morgan fingerprint density at radius 1 is 1.00 bits per heavy atom. The van der Waals surface area contributed by atoms with Crippen molar-refractivity contribution in [3.8, 4) is 0 Å². The predicted octanol–water partition coefficient (Wildman–Crippen LogP) is 3.82. The number of rotatable bonds is 7. The first-order valence-corrected chi connectivity index (χ1v) is 11.4. The van der Waals surface area contributed by atoms with Crippen LogP contribution in [-0.4, -0.2) is 60.6 Å². The van der Waals surface area contributed by atoms with Crippen LogP contribution >= 0.6 is 15.9 Å². The number of anilines is 1. The van der Waals surface area contributed by atoms with E-state index >= 15 is 0 Å². The third-order valence-electron chi connectivity index (χ3n) is 5.99. The minimum atomic E-state index is -0.285. The van der Waals surface area contributed by atoms with Gasteiger partial charge in [0.15, 0.2) is 0 Å². The third-order valence-corrected chi connectivity index (χ3v) is 6.52. The van der Waals surface area contributed by atoms with Crippen molar-refractivity contribution in [2.24, 2.45) is 0 Å². The number of hydrogen-bond acceptors (Lipinski definition) is 6. The fourth-order valence-corrected chi connectivity index (χ4v) is 4.59. The van der Waals surface area contributed by atoms with Gasteiger partial charge in [0.25, 0.3) is 5.69 Å². The number of para-hydroxylation sites is 2. The number of nitro benzene ring substituents is 1. The van der Waals surface area contributed by atoms with Crippen LogP contribution in [0.2, 0.25) is 0 Å². The molecule has 0 amide bonds. The van der Waals surface area contributed by atoms with Gasteiger partial charge in [0.1, 0.15) is 5.69 Å². The highest BCUT2D eigenvalue weighted by Gasteiger charge is 2.25. The lowest BCUT2D eigenvalue weighted by Crippen LogP contribution is -2.47. The molecule has 160 valence electrons. The number of halogens is 1. The van der Waals surface area contributed by atoms with E-state index in [9.17, 15) is 10.1 Å². The Hall–Kier alpha value is -2.00. The van der Waals surface area contributed by atoms with E-state index in [-0.39, 0.29) is 10.6 Å². The van der Waals surface area contributed by atoms with Gasteiger partial charge in [-0.2, -0.15) is 0 Å². The highest BCUT2D eigenvalue weighted by molar-refractivity contribution is 9.10. The predicted molar refractivity (Wildman–Crippen MR) is 123 cm³/mol. The molecule has 1 N–H and O–H groups in total. The summed E-state index contributed by atoms with van der Waals surface area (Å²) in [5, 5.41) is 13.6. The van der Waals surface area contributed by atoms with E-state index in [1.165, 1.54) is 5.56 Å². The lowest BCUT2D eigenvalue weighted by molar-refractivity contribution is -0.384. The average molecular weight is 474 g/mol. The normalized spacial score (nSPS) is 20.6. The van der Waals surface area contributed by atoms with Crippen molar-refractivity contribution in [2.45, 2.75) is 18.9 Å². The quantitative estimate of drug-likeness (QED) is 0.486. The second kappa shape index (κ2) is 9.87. The van der Waals surface area contributed by atoms with E-state index in [1.54, 1.807) is 12.1 Å². The zero-order chi connectivity index (χ0) is 20.9. The largest absolute Gasteiger partial charge is 0.363 e. The second-order valence-electron chi connectivity index (χ2n) is 7.94. The van der Waals surface area contributed by atoms with E-state index in [0.717, 1.165) is 68.8 Å². The van der Waals surface area contributed by atoms with Crippen LogP contribution in [0, 0.1) is 10.1 Å². The molecule has 0 spiro atoms. The maximum Gasteiger partial charge on any atom is 0.292 e. The summed E-state index contributed by atoms with van der Waals surface area (Å²) in [6.45, 7) is 6.73. The Labute approximate surface area is 185 Å². The van der Waals surface area contributed by atoms with Crippen LogP contribution in [0.3, 0.4) is 0 Å². The summed E-state index contributed by atoms with van der Waals surface area (Å²) >= 11 is 3.50. The van der Waals surface area contributed by atoms with Gasteiger partial charge in [0, 0.05) is 55.8 Å². The van der Waals surface area contributed by atoms with E-state index < -0.39 is 0 Å². The van der Waals surface area contributed by atoms with Crippen LogP contribution in [-0.2, 0) is 0 Å². The number of nitrogens with one attached hydrogen (secondary N) is 1. The molecular formula is C22H28BrN5O2. The molecule has 30 heavy (non-hydrogen) atoms. The van der Waals surface area contributed by atoms with E-state index in [2.05, 4.69) is 60.4 Å². The summed E-state index contributed by atoms with van der Waals surface area (Å²) in [5.74, 6) is 0. The lowest BCUT2D eigenvalue weighted by atomic mass is 10.1. The first-order valence-electron chi connectivity index (χ1n) is 10.6. The first kappa shape index (κ1) is 21.2. The van der Waals surface area contributed by atoms with Crippen LogP contribution in [0.25, 0.3) is 0 Å². The van der Waals surface area contributed by atoms with Crippen molar-refractivity contribution in [2.75, 3.05) is 50.7 Å². The summed E-state index contributed by atoms with van der Waals surface area (Å²) in [4.78, 5) is 15.6. The Morgan fingerprint density at radius 3 is 2.47 bits per heavy atom. The third kappa shape index (κ3) is 5.18. The van der Waals surface area contributed by atoms with Crippen LogP contribution in [0.5, 0.6) is 0 Å². The first-order chi connectivity index (χ1) is 14.6. The molecule has 1 unspecified atom stereocenters. The van der Waals surface area contributed by atoms with Crippen molar-refractivity contribution >= 4 is 27.3 Å². The lowest BCUT2D eigenvalue weighted by Gasteiger charge is -2.36. The number of benzene rings is 2. The van der Waals surface area contributed by atoms with Gasteiger partial charge in [-0.15, -0.1) is 0 Å². The van der Waals surface area contributed by atoms with Crippen molar-refractivity contribution in [3.63, 3.8) is 0 Å². The highest BCUT2D eigenvalue weighted by Crippen LogP contribution is 2.28. The minimum absolute atomic E-state index is 0.200. The zero-order valence-electron chi connectivity index (χ0n) is 17.0. The second-order valence-corrected chi connectivity index (χ2v) is 8.85. The van der Waals surface area contributed by atoms with E-state index in [0.29, 0.717) is 6.04 Å². The molecule has 2 saturated heterocycles. The maximum absolute atomic E-state index is 11.3. The molecule has 2 aliphatic heterocycles. The zero-order valence-corrected chi connectivity index (χ0v) is 18.6. The molecule has 1 atom stereocenters. The van der Waals surface area contributed by atoms with E-state index in [1.807, 2.05) is 12.1 Å². The smallest absolute Gasteiger partial charge is 0.292 e. The molecule has 0 aromatic heterocycles. The number of nitrogens with zero attached hydrogens (tertiary/aromatic N) is 4. The Morgan fingerprint density at radius 2 is 1.73 bits per heavy atom.